The largest absolute Gasteiger partial charge is 0.478 e. The van der Waals surface area contributed by atoms with Crippen molar-refractivity contribution in [2.45, 2.75) is 26.4 Å². The van der Waals surface area contributed by atoms with Crippen molar-refractivity contribution in [3.63, 3.8) is 0 Å². The van der Waals surface area contributed by atoms with Crippen molar-refractivity contribution in [3.8, 4) is 11.3 Å². The van der Waals surface area contributed by atoms with E-state index in [1.54, 1.807) is 18.2 Å². The molecule has 0 aliphatic heterocycles. The van der Waals surface area contributed by atoms with E-state index >= 15 is 4.39 Å². The lowest BCUT2D eigenvalue weighted by atomic mass is 9.98. The highest BCUT2D eigenvalue weighted by Crippen LogP contribution is 2.42. The fourth-order valence-electron chi connectivity index (χ4n) is 4.00. The molecule has 0 spiro atoms. The number of carbonyl (C=O) groups is 3. The predicted molar refractivity (Wildman–Crippen MR) is 139 cm³/mol. The zero-order valence-corrected chi connectivity index (χ0v) is 21.9. The molecule has 0 aliphatic rings. The third kappa shape index (κ3) is 4.92. The topological polar surface area (TPSA) is 102 Å². The molecule has 7 nitrogen and oxygen atoms in total. The van der Waals surface area contributed by atoms with E-state index in [4.69, 9.17) is 44.4 Å². The highest BCUT2D eigenvalue weighted by molar-refractivity contribution is 6.42. The summed E-state index contributed by atoms with van der Waals surface area (Å²) in [6, 6.07) is 7.57. The van der Waals surface area contributed by atoms with Gasteiger partial charge >= 0.3 is 5.97 Å². The molecular formula is C26H18Cl3FN2O5. The molecule has 0 bridgehead atoms. The van der Waals surface area contributed by atoms with E-state index in [9.17, 15) is 14.4 Å². The number of aliphatic carboxylic acids is 1. The number of halogens is 4. The lowest BCUT2D eigenvalue weighted by Gasteiger charge is -2.14. The summed E-state index contributed by atoms with van der Waals surface area (Å²) in [5, 5.41) is 13.7. The van der Waals surface area contributed by atoms with Crippen LogP contribution < -0.4 is 0 Å². The van der Waals surface area contributed by atoms with Gasteiger partial charge in [-0.1, -0.05) is 52.1 Å². The molecule has 0 saturated carbocycles. The maximum atomic E-state index is 15.2. The molecule has 4 aromatic rings. The maximum Gasteiger partial charge on any atom is 0.328 e. The predicted octanol–water partition coefficient (Wildman–Crippen LogP) is 7.45. The summed E-state index contributed by atoms with van der Waals surface area (Å²) < 4.78 is 21.7. The Labute approximate surface area is 225 Å². The van der Waals surface area contributed by atoms with Crippen molar-refractivity contribution < 1.29 is 28.4 Å². The number of carbonyl (C=O) groups excluding carboxylic acids is 2. The first kappa shape index (κ1) is 26.6. The number of alkyl halides is 1. The second-order valence-electron chi connectivity index (χ2n) is 8.64. The van der Waals surface area contributed by atoms with Gasteiger partial charge in [0.2, 0.25) is 0 Å². The van der Waals surface area contributed by atoms with Crippen LogP contribution in [0, 0.1) is 0 Å². The Hall–Kier alpha value is -3.46. The van der Waals surface area contributed by atoms with E-state index in [-0.39, 0.29) is 54.5 Å². The second-order valence-corrected chi connectivity index (χ2v) is 9.89. The highest BCUT2D eigenvalue weighted by atomic mass is 35.5. The van der Waals surface area contributed by atoms with Gasteiger partial charge in [0.25, 0.3) is 5.91 Å². The fraction of sp³-hybridized carbons (Fsp3) is 0.154. The first-order chi connectivity index (χ1) is 17.3. The Kier molecular flexibility index (Phi) is 7.03. The Morgan fingerprint density at radius 2 is 1.78 bits per heavy atom. The van der Waals surface area contributed by atoms with Crippen molar-refractivity contribution in [2.24, 2.45) is 0 Å². The van der Waals surface area contributed by atoms with Crippen molar-refractivity contribution >= 4 is 69.4 Å². The summed E-state index contributed by atoms with van der Waals surface area (Å²) >= 11 is 18.8. The number of rotatable bonds is 6. The number of ketones is 1. The molecule has 0 unspecified atom stereocenters. The molecule has 2 aromatic carbocycles. The summed E-state index contributed by atoms with van der Waals surface area (Å²) in [4.78, 5) is 37.6. The molecule has 0 saturated heterocycles. The second kappa shape index (κ2) is 9.78. The summed E-state index contributed by atoms with van der Waals surface area (Å²) in [6.45, 7) is 3.71. The van der Waals surface area contributed by atoms with Gasteiger partial charge in [-0.3, -0.25) is 14.2 Å². The minimum absolute atomic E-state index is 0.0611. The summed E-state index contributed by atoms with van der Waals surface area (Å²) in [5.74, 6) is -2.69. The van der Waals surface area contributed by atoms with Gasteiger partial charge in [0.15, 0.2) is 17.2 Å². The first-order valence-corrected chi connectivity index (χ1v) is 11.9. The molecule has 0 radical (unpaired) electrons. The fourth-order valence-corrected chi connectivity index (χ4v) is 5.00. The average molecular weight is 564 g/mol. The Balaban J connectivity index is 2.04. The standard InChI is InChI=1S/C26H18Cl3FN2O5/c1-12(33)15-11-32(18-6-4-5-13(20(15)18)7-8-19(34)35)25(36)22-23(31-37-24(22)26(2,3)30)21-16(28)9-14(27)10-17(21)29/h4-11H,1-3H3,(H,34,35)/b8-7+. The summed E-state index contributed by atoms with van der Waals surface area (Å²) in [5.41, 5.74) is -1.53. The van der Waals surface area contributed by atoms with E-state index < -0.39 is 17.5 Å². The minimum Gasteiger partial charge on any atom is -0.478 e. The van der Waals surface area contributed by atoms with Crippen molar-refractivity contribution in [2.75, 3.05) is 0 Å². The quantitative estimate of drug-likeness (QED) is 0.193. The number of Topliss-reactive ketones (excluding diaryl/α,β-unsaturated/α-hetero) is 1. The minimum atomic E-state index is -2.14. The van der Waals surface area contributed by atoms with Gasteiger partial charge in [0.1, 0.15) is 11.3 Å². The number of fused-ring (bicyclic) bond motifs is 1. The molecule has 1 N–H and O–H groups in total. The van der Waals surface area contributed by atoms with Gasteiger partial charge < -0.3 is 9.63 Å². The number of hydrogen-bond donors (Lipinski definition) is 1. The van der Waals surface area contributed by atoms with Crippen LogP contribution in [0.3, 0.4) is 0 Å². The van der Waals surface area contributed by atoms with Gasteiger partial charge in [-0.2, -0.15) is 0 Å². The van der Waals surface area contributed by atoms with E-state index in [1.165, 1.54) is 45.2 Å². The van der Waals surface area contributed by atoms with Crippen LogP contribution in [0.2, 0.25) is 15.1 Å². The van der Waals surface area contributed by atoms with Crippen molar-refractivity contribution in [3.05, 3.63) is 80.1 Å². The molecule has 0 aliphatic carbocycles. The van der Waals surface area contributed by atoms with Crippen LogP contribution in [0.25, 0.3) is 28.2 Å². The molecule has 0 atom stereocenters. The third-order valence-corrected chi connectivity index (χ3v) is 6.37. The van der Waals surface area contributed by atoms with Crippen LogP contribution in [-0.2, 0) is 10.5 Å². The van der Waals surface area contributed by atoms with Crippen molar-refractivity contribution in [1.29, 1.82) is 0 Å². The van der Waals surface area contributed by atoms with Crippen LogP contribution in [0.5, 0.6) is 0 Å². The highest BCUT2D eigenvalue weighted by Gasteiger charge is 2.37. The van der Waals surface area contributed by atoms with Crippen LogP contribution in [0.4, 0.5) is 4.39 Å². The molecule has 190 valence electrons. The average Bonchev–Trinajstić information content (AvgIpc) is 3.39. The zero-order valence-electron chi connectivity index (χ0n) is 19.6. The van der Waals surface area contributed by atoms with Crippen LogP contribution in [-0.4, -0.2) is 32.5 Å². The van der Waals surface area contributed by atoms with Crippen LogP contribution in [0.1, 0.15) is 52.8 Å². The normalized spacial score (nSPS) is 12.0. The first-order valence-electron chi connectivity index (χ1n) is 10.8. The lowest BCUT2D eigenvalue weighted by molar-refractivity contribution is -0.131. The van der Waals surface area contributed by atoms with Crippen molar-refractivity contribution in [1.82, 2.24) is 9.72 Å². The van der Waals surface area contributed by atoms with E-state index in [0.29, 0.717) is 10.9 Å². The Morgan fingerprint density at radius 3 is 2.35 bits per heavy atom. The molecule has 11 heteroatoms. The third-order valence-electron chi connectivity index (χ3n) is 5.55. The Bertz CT molecular complexity index is 1610. The molecule has 4 rings (SSSR count). The summed E-state index contributed by atoms with van der Waals surface area (Å²) in [7, 11) is 0. The molecule has 2 aromatic heterocycles. The summed E-state index contributed by atoms with van der Waals surface area (Å²) in [6.07, 6.45) is 3.55. The molecule has 37 heavy (non-hydrogen) atoms. The number of benzene rings is 2. The molecular weight excluding hydrogens is 546 g/mol. The molecule has 2 heterocycles. The van der Waals surface area contributed by atoms with E-state index in [0.717, 1.165) is 10.6 Å². The SMILES string of the molecule is CC(=O)c1cn(C(=O)c2c(-c3c(Cl)cc(Cl)cc3Cl)noc2C(C)(C)F)c2cccc(/C=C/C(=O)O)c12. The number of hydrogen-bond acceptors (Lipinski definition) is 5. The van der Waals surface area contributed by atoms with Crippen LogP contribution >= 0.6 is 34.8 Å². The Morgan fingerprint density at radius 1 is 1.14 bits per heavy atom. The van der Waals surface area contributed by atoms with Gasteiger partial charge in [0.05, 0.1) is 15.6 Å². The molecule has 0 fully saturated rings. The van der Waals surface area contributed by atoms with Gasteiger partial charge in [0, 0.05) is 33.8 Å². The van der Waals surface area contributed by atoms with E-state index in [2.05, 4.69) is 5.16 Å². The van der Waals surface area contributed by atoms with E-state index in [1.807, 2.05) is 0 Å². The smallest absolute Gasteiger partial charge is 0.328 e. The van der Waals surface area contributed by atoms with Gasteiger partial charge in [-0.15, -0.1) is 0 Å². The number of carboxylic acids is 1. The van der Waals surface area contributed by atoms with Crippen LogP contribution in [0.15, 0.2) is 47.1 Å². The number of carboxylic acid groups (broad SMARTS) is 1. The zero-order chi connectivity index (χ0) is 27.2. The van der Waals surface area contributed by atoms with Gasteiger partial charge in [-0.05, 0) is 50.6 Å². The monoisotopic (exact) mass is 562 g/mol. The van der Waals surface area contributed by atoms with Gasteiger partial charge in [-0.25, -0.2) is 9.18 Å². The molecule has 0 amide bonds. The lowest BCUT2D eigenvalue weighted by Crippen LogP contribution is -2.18. The maximum absolute atomic E-state index is 15.2. The number of aromatic nitrogens is 2. The number of nitrogens with zero attached hydrogens (tertiary/aromatic N) is 2.